The summed E-state index contributed by atoms with van der Waals surface area (Å²) in [5.74, 6) is -0.293. The third-order valence-electron chi connectivity index (χ3n) is 4.79. The van der Waals surface area contributed by atoms with E-state index in [-0.39, 0.29) is 23.4 Å². The number of Topliss-reactive ketones (excluding diaryl/α,β-unsaturated/α-hetero) is 1. The first-order valence-electron chi connectivity index (χ1n) is 7.25. The highest BCUT2D eigenvalue weighted by Crippen LogP contribution is 2.64. The van der Waals surface area contributed by atoms with Crippen LogP contribution in [0.5, 0.6) is 0 Å². The van der Waals surface area contributed by atoms with Crippen LogP contribution in [0.4, 0.5) is 10.1 Å². The Hall–Kier alpha value is -2.49. The standard InChI is InChI=1S/C18H14FNO2/c1-10(21)12-4-7-16-14(8-12)18(17(22)20-16)9-15(18)11-2-5-13(19)6-3-11/h2-8,15H,9H2,1H3,(H,20,22)/t15-,18-/m1/s1. The maximum atomic E-state index is 13.1. The fourth-order valence-electron chi connectivity index (χ4n) is 3.51. The summed E-state index contributed by atoms with van der Waals surface area (Å²) < 4.78 is 13.1. The van der Waals surface area contributed by atoms with Crippen molar-refractivity contribution < 1.29 is 14.0 Å². The van der Waals surface area contributed by atoms with Crippen LogP contribution >= 0.6 is 0 Å². The first-order valence-corrected chi connectivity index (χ1v) is 7.25. The second kappa shape index (κ2) is 4.26. The third kappa shape index (κ3) is 1.67. The summed E-state index contributed by atoms with van der Waals surface area (Å²) in [6, 6.07) is 11.6. The Morgan fingerprint density at radius 2 is 1.95 bits per heavy atom. The van der Waals surface area contributed by atoms with Crippen LogP contribution in [0, 0.1) is 5.82 Å². The highest BCUT2D eigenvalue weighted by Gasteiger charge is 2.65. The second-order valence-corrected chi connectivity index (χ2v) is 6.05. The number of nitrogens with one attached hydrogen (secondary N) is 1. The molecule has 2 atom stereocenters. The number of carbonyl (C=O) groups excluding carboxylic acids is 2. The third-order valence-corrected chi connectivity index (χ3v) is 4.79. The number of rotatable bonds is 2. The number of halogens is 1. The molecule has 1 heterocycles. The highest BCUT2D eigenvalue weighted by atomic mass is 19.1. The maximum absolute atomic E-state index is 13.1. The quantitative estimate of drug-likeness (QED) is 0.863. The maximum Gasteiger partial charge on any atom is 0.235 e. The van der Waals surface area contributed by atoms with Gasteiger partial charge in [0.2, 0.25) is 5.91 Å². The summed E-state index contributed by atoms with van der Waals surface area (Å²) in [4.78, 5) is 24.1. The smallest absolute Gasteiger partial charge is 0.235 e. The van der Waals surface area contributed by atoms with Gasteiger partial charge in [0.25, 0.3) is 0 Å². The number of benzene rings is 2. The van der Waals surface area contributed by atoms with Crippen molar-refractivity contribution in [1.82, 2.24) is 0 Å². The van der Waals surface area contributed by atoms with Gasteiger partial charge in [-0.05, 0) is 54.8 Å². The van der Waals surface area contributed by atoms with Crippen LogP contribution in [0.25, 0.3) is 0 Å². The zero-order valence-electron chi connectivity index (χ0n) is 12.0. The minimum absolute atomic E-state index is 0.0173. The molecule has 2 aliphatic rings. The van der Waals surface area contributed by atoms with Gasteiger partial charge in [0.1, 0.15) is 5.82 Å². The van der Waals surface area contributed by atoms with Crippen molar-refractivity contribution in [2.24, 2.45) is 0 Å². The molecule has 1 aliphatic heterocycles. The van der Waals surface area contributed by atoms with E-state index in [1.807, 2.05) is 6.07 Å². The highest BCUT2D eigenvalue weighted by molar-refractivity contribution is 6.10. The Kier molecular flexibility index (Phi) is 2.55. The van der Waals surface area contributed by atoms with E-state index in [0.717, 1.165) is 16.8 Å². The summed E-state index contributed by atoms with van der Waals surface area (Å²) in [6.45, 7) is 1.52. The normalized spacial score (nSPS) is 25.0. The van der Waals surface area contributed by atoms with Gasteiger partial charge >= 0.3 is 0 Å². The zero-order valence-corrected chi connectivity index (χ0v) is 12.0. The summed E-state index contributed by atoms with van der Waals surface area (Å²) in [7, 11) is 0. The van der Waals surface area contributed by atoms with E-state index in [0.29, 0.717) is 12.0 Å². The van der Waals surface area contributed by atoms with Crippen molar-refractivity contribution >= 4 is 17.4 Å². The summed E-state index contributed by atoms with van der Waals surface area (Å²) in [5, 5.41) is 2.90. The van der Waals surface area contributed by atoms with Crippen molar-refractivity contribution in [3.05, 3.63) is 65.0 Å². The molecule has 0 bridgehead atoms. The Balaban J connectivity index is 1.79. The van der Waals surface area contributed by atoms with Crippen molar-refractivity contribution in [3.8, 4) is 0 Å². The lowest BCUT2D eigenvalue weighted by molar-refractivity contribution is -0.118. The van der Waals surface area contributed by atoms with Crippen molar-refractivity contribution in [2.45, 2.75) is 24.7 Å². The van der Waals surface area contributed by atoms with E-state index in [1.165, 1.54) is 19.1 Å². The molecule has 3 nitrogen and oxygen atoms in total. The predicted molar refractivity (Wildman–Crippen MR) is 80.5 cm³/mol. The van der Waals surface area contributed by atoms with Gasteiger partial charge in [-0.1, -0.05) is 12.1 Å². The van der Waals surface area contributed by atoms with E-state index in [4.69, 9.17) is 0 Å². The zero-order chi connectivity index (χ0) is 15.5. The Labute approximate surface area is 127 Å². The molecule has 1 fully saturated rings. The molecule has 1 amide bonds. The molecule has 2 aromatic carbocycles. The molecule has 2 aromatic rings. The van der Waals surface area contributed by atoms with Gasteiger partial charge < -0.3 is 5.32 Å². The number of hydrogen-bond acceptors (Lipinski definition) is 2. The summed E-state index contributed by atoms with van der Waals surface area (Å²) in [6.07, 6.45) is 0.693. The molecular weight excluding hydrogens is 281 g/mol. The van der Waals surface area contributed by atoms with Crippen LogP contribution in [0.15, 0.2) is 42.5 Å². The average Bonchev–Trinajstić information content (AvgIpc) is 3.18. The second-order valence-electron chi connectivity index (χ2n) is 6.05. The number of hydrogen-bond donors (Lipinski definition) is 1. The molecule has 1 N–H and O–H groups in total. The molecule has 0 saturated heterocycles. The van der Waals surface area contributed by atoms with Gasteiger partial charge in [0, 0.05) is 17.2 Å². The van der Waals surface area contributed by atoms with Gasteiger partial charge in [-0.3, -0.25) is 9.59 Å². The van der Waals surface area contributed by atoms with Gasteiger partial charge in [-0.25, -0.2) is 4.39 Å². The molecule has 110 valence electrons. The van der Waals surface area contributed by atoms with Crippen LogP contribution in [0.1, 0.15) is 40.7 Å². The van der Waals surface area contributed by atoms with Gasteiger partial charge in [-0.2, -0.15) is 0 Å². The van der Waals surface area contributed by atoms with E-state index < -0.39 is 5.41 Å². The molecule has 4 rings (SSSR count). The SMILES string of the molecule is CC(=O)c1ccc2c(c1)[C@@]1(C[C@@H]1c1ccc(F)cc1)C(=O)N2. The van der Waals surface area contributed by atoms with Gasteiger partial charge in [0.15, 0.2) is 5.78 Å². The van der Waals surface area contributed by atoms with E-state index in [2.05, 4.69) is 5.32 Å². The Bertz CT molecular complexity index is 812. The fraction of sp³-hybridized carbons (Fsp3) is 0.222. The minimum Gasteiger partial charge on any atom is -0.325 e. The number of anilines is 1. The lowest BCUT2D eigenvalue weighted by atomic mass is 9.90. The lowest BCUT2D eigenvalue weighted by Crippen LogP contribution is -2.21. The molecule has 22 heavy (non-hydrogen) atoms. The predicted octanol–water partition coefficient (Wildman–Crippen LogP) is 3.41. The van der Waals surface area contributed by atoms with Gasteiger partial charge in [0.05, 0.1) is 5.41 Å². The van der Waals surface area contributed by atoms with Crippen molar-refractivity contribution in [1.29, 1.82) is 0 Å². The molecule has 1 spiro atoms. The van der Waals surface area contributed by atoms with Crippen LogP contribution < -0.4 is 5.32 Å². The molecule has 1 aliphatic carbocycles. The topological polar surface area (TPSA) is 46.2 Å². The van der Waals surface area contributed by atoms with E-state index in [1.54, 1.807) is 24.3 Å². The fourth-order valence-corrected chi connectivity index (χ4v) is 3.51. The summed E-state index contributed by atoms with van der Waals surface area (Å²) in [5.41, 5.74) is 2.63. The van der Waals surface area contributed by atoms with Crippen LogP contribution in [0.2, 0.25) is 0 Å². The van der Waals surface area contributed by atoms with Crippen molar-refractivity contribution in [2.75, 3.05) is 5.32 Å². The molecule has 4 heteroatoms. The molecule has 0 radical (unpaired) electrons. The van der Waals surface area contributed by atoms with Crippen molar-refractivity contribution in [3.63, 3.8) is 0 Å². The van der Waals surface area contributed by atoms with Crippen LogP contribution in [-0.2, 0) is 10.2 Å². The van der Waals surface area contributed by atoms with Gasteiger partial charge in [-0.15, -0.1) is 0 Å². The largest absolute Gasteiger partial charge is 0.325 e. The molecule has 0 aromatic heterocycles. The average molecular weight is 295 g/mol. The first-order chi connectivity index (χ1) is 10.5. The summed E-state index contributed by atoms with van der Waals surface area (Å²) >= 11 is 0. The number of ketones is 1. The van der Waals surface area contributed by atoms with E-state index >= 15 is 0 Å². The lowest BCUT2D eigenvalue weighted by Gasteiger charge is -2.09. The number of fused-ring (bicyclic) bond motifs is 2. The first kappa shape index (κ1) is 13.2. The monoisotopic (exact) mass is 295 g/mol. The van der Waals surface area contributed by atoms with E-state index in [9.17, 15) is 14.0 Å². The Morgan fingerprint density at radius 3 is 2.64 bits per heavy atom. The van der Waals surface area contributed by atoms with Crippen LogP contribution in [-0.4, -0.2) is 11.7 Å². The van der Waals surface area contributed by atoms with Crippen LogP contribution in [0.3, 0.4) is 0 Å². The number of amides is 1. The molecule has 1 saturated carbocycles. The Morgan fingerprint density at radius 1 is 1.23 bits per heavy atom. The molecular formula is C18H14FNO2. The molecule has 0 unspecified atom stereocenters. The number of carbonyl (C=O) groups is 2. The minimum atomic E-state index is -0.599.